The summed E-state index contributed by atoms with van der Waals surface area (Å²) in [7, 11) is 1.82. The third-order valence-corrected chi connectivity index (χ3v) is 2.02. The zero-order valence-corrected chi connectivity index (χ0v) is 6.64. The van der Waals surface area contributed by atoms with Gasteiger partial charge in [0.25, 0.3) is 0 Å². The molecular weight excluding hydrogens is 150 g/mol. The van der Waals surface area contributed by atoms with Gasteiger partial charge < -0.3 is 4.57 Å². The molecule has 0 aliphatic heterocycles. The maximum Gasteiger partial charge on any atom is 0.153 e. The predicted molar refractivity (Wildman–Crippen MR) is 40.5 cm³/mol. The highest BCUT2D eigenvalue weighted by atomic mass is 35.5. The van der Waals surface area contributed by atoms with E-state index in [1.807, 2.05) is 14.0 Å². The largest absolute Gasteiger partial charge is 0.339 e. The van der Waals surface area contributed by atoms with Crippen LogP contribution < -0.4 is 0 Å². The molecule has 0 amide bonds. The molecule has 0 fully saturated rings. The summed E-state index contributed by atoms with van der Waals surface area (Å²) in [6, 6.07) is 1.76. The lowest BCUT2D eigenvalue weighted by Gasteiger charge is -1.95. The molecule has 0 saturated heterocycles. The van der Waals surface area contributed by atoms with Crippen LogP contribution >= 0.6 is 11.6 Å². The van der Waals surface area contributed by atoms with Crippen LogP contribution in [0.3, 0.4) is 0 Å². The minimum absolute atomic E-state index is 0.507. The van der Waals surface area contributed by atoms with Crippen molar-refractivity contribution in [3.63, 3.8) is 0 Å². The molecule has 0 unspecified atom stereocenters. The standard InChI is InChI=1S/C7H8ClNO/c1-5-3-6(4-10)7(8)9(5)2/h3-4H,1-2H3. The predicted octanol–water partition coefficient (Wildman–Crippen LogP) is 1.80. The van der Waals surface area contributed by atoms with Gasteiger partial charge in [0.15, 0.2) is 6.29 Å². The molecule has 0 N–H and O–H groups in total. The van der Waals surface area contributed by atoms with Crippen molar-refractivity contribution < 1.29 is 4.79 Å². The van der Waals surface area contributed by atoms with Crippen molar-refractivity contribution in [2.75, 3.05) is 0 Å². The lowest BCUT2D eigenvalue weighted by atomic mass is 10.3. The number of aryl methyl sites for hydroxylation is 1. The first-order chi connectivity index (χ1) is 4.66. The number of carbonyl (C=O) groups excluding carboxylic acids is 1. The lowest BCUT2D eigenvalue weighted by Crippen LogP contribution is -1.89. The molecule has 0 atom stereocenters. The number of carbonyl (C=O) groups is 1. The van der Waals surface area contributed by atoms with E-state index in [0.29, 0.717) is 10.7 Å². The third-order valence-electron chi connectivity index (χ3n) is 1.55. The molecule has 2 nitrogen and oxygen atoms in total. The molecule has 0 aliphatic rings. The van der Waals surface area contributed by atoms with E-state index in [0.717, 1.165) is 12.0 Å². The Kier molecular flexibility index (Phi) is 1.81. The molecule has 0 aliphatic carbocycles. The second-order valence-corrected chi connectivity index (χ2v) is 2.57. The summed E-state index contributed by atoms with van der Waals surface area (Å²) in [5.74, 6) is 0. The van der Waals surface area contributed by atoms with Crippen molar-refractivity contribution in [3.05, 3.63) is 22.5 Å². The van der Waals surface area contributed by atoms with Gasteiger partial charge in [-0.05, 0) is 13.0 Å². The number of hydrogen-bond donors (Lipinski definition) is 0. The monoisotopic (exact) mass is 157 g/mol. The summed E-state index contributed by atoms with van der Waals surface area (Å²) in [4.78, 5) is 10.3. The van der Waals surface area contributed by atoms with Crippen LogP contribution in [0.25, 0.3) is 0 Å². The van der Waals surface area contributed by atoms with Gasteiger partial charge in [-0.2, -0.15) is 0 Å². The van der Waals surface area contributed by atoms with Gasteiger partial charge in [-0.1, -0.05) is 11.6 Å². The van der Waals surface area contributed by atoms with E-state index in [1.54, 1.807) is 10.6 Å². The van der Waals surface area contributed by atoms with Crippen LogP contribution in [-0.4, -0.2) is 10.9 Å². The van der Waals surface area contributed by atoms with Gasteiger partial charge in [0.1, 0.15) is 5.15 Å². The zero-order chi connectivity index (χ0) is 7.72. The van der Waals surface area contributed by atoms with E-state index < -0.39 is 0 Å². The molecule has 1 heterocycles. The fraction of sp³-hybridized carbons (Fsp3) is 0.286. The summed E-state index contributed by atoms with van der Waals surface area (Å²) in [5.41, 5.74) is 1.55. The molecule has 10 heavy (non-hydrogen) atoms. The molecule has 0 bridgehead atoms. The number of aldehydes is 1. The number of rotatable bonds is 1. The quantitative estimate of drug-likeness (QED) is 0.570. The lowest BCUT2D eigenvalue weighted by molar-refractivity contribution is 0.112. The van der Waals surface area contributed by atoms with E-state index in [1.165, 1.54) is 0 Å². The van der Waals surface area contributed by atoms with Crippen molar-refractivity contribution in [1.82, 2.24) is 4.57 Å². The summed E-state index contributed by atoms with van der Waals surface area (Å²) in [5, 5.41) is 0.507. The second-order valence-electron chi connectivity index (χ2n) is 2.21. The second kappa shape index (κ2) is 2.46. The Morgan fingerprint density at radius 3 is 2.50 bits per heavy atom. The van der Waals surface area contributed by atoms with Gasteiger partial charge in [-0.25, -0.2) is 0 Å². The molecule has 0 radical (unpaired) electrons. The molecule has 1 rings (SSSR count). The minimum atomic E-state index is 0.507. The van der Waals surface area contributed by atoms with Gasteiger partial charge in [0.2, 0.25) is 0 Å². The number of nitrogens with zero attached hydrogens (tertiary/aromatic N) is 1. The molecule has 0 spiro atoms. The molecule has 0 saturated carbocycles. The Balaban J connectivity index is 3.30. The van der Waals surface area contributed by atoms with Crippen molar-refractivity contribution in [2.24, 2.45) is 7.05 Å². The highest BCUT2D eigenvalue weighted by Crippen LogP contribution is 2.17. The van der Waals surface area contributed by atoms with Gasteiger partial charge in [0.05, 0.1) is 5.56 Å². The first kappa shape index (κ1) is 7.35. The minimum Gasteiger partial charge on any atom is -0.339 e. The molecule has 1 aromatic heterocycles. The van der Waals surface area contributed by atoms with Gasteiger partial charge in [-0.3, -0.25) is 4.79 Å². The van der Waals surface area contributed by atoms with Crippen molar-refractivity contribution in [2.45, 2.75) is 6.92 Å². The normalized spacial score (nSPS) is 9.90. The van der Waals surface area contributed by atoms with E-state index in [9.17, 15) is 4.79 Å². The van der Waals surface area contributed by atoms with E-state index in [-0.39, 0.29) is 0 Å². The van der Waals surface area contributed by atoms with Crippen LogP contribution in [0.5, 0.6) is 0 Å². The average Bonchev–Trinajstić information content (AvgIpc) is 2.17. The Morgan fingerprint density at radius 1 is 1.70 bits per heavy atom. The average molecular weight is 158 g/mol. The first-order valence-electron chi connectivity index (χ1n) is 2.94. The Bertz CT molecular complexity index is 265. The van der Waals surface area contributed by atoms with Crippen LogP contribution in [0.4, 0.5) is 0 Å². The van der Waals surface area contributed by atoms with E-state index >= 15 is 0 Å². The van der Waals surface area contributed by atoms with Crippen LogP contribution in [0, 0.1) is 6.92 Å². The Labute approximate surface area is 64.4 Å². The highest BCUT2D eigenvalue weighted by Gasteiger charge is 2.05. The summed E-state index contributed by atoms with van der Waals surface area (Å²) >= 11 is 5.75. The van der Waals surface area contributed by atoms with Gasteiger partial charge in [0, 0.05) is 12.7 Å². The molecule has 54 valence electrons. The summed E-state index contributed by atoms with van der Waals surface area (Å²) in [6.45, 7) is 1.90. The number of aromatic nitrogens is 1. The number of halogens is 1. The van der Waals surface area contributed by atoms with Gasteiger partial charge >= 0.3 is 0 Å². The van der Waals surface area contributed by atoms with Crippen LogP contribution in [-0.2, 0) is 7.05 Å². The van der Waals surface area contributed by atoms with Gasteiger partial charge in [-0.15, -0.1) is 0 Å². The molecule has 0 aromatic carbocycles. The van der Waals surface area contributed by atoms with E-state index in [2.05, 4.69) is 0 Å². The van der Waals surface area contributed by atoms with Crippen LogP contribution in [0.15, 0.2) is 6.07 Å². The highest BCUT2D eigenvalue weighted by molar-refractivity contribution is 6.32. The summed E-state index contributed by atoms with van der Waals surface area (Å²) in [6.07, 6.45) is 0.759. The molecular formula is C7H8ClNO. The van der Waals surface area contributed by atoms with Crippen LogP contribution in [0.1, 0.15) is 16.1 Å². The maximum absolute atomic E-state index is 10.3. The first-order valence-corrected chi connectivity index (χ1v) is 3.31. The van der Waals surface area contributed by atoms with Crippen molar-refractivity contribution in [1.29, 1.82) is 0 Å². The maximum atomic E-state index is 10.3. The Morgan fingerprint density at radius 2 is 2.30 bits per heavy atom. The fourth-order valence-corrected chi connectivity index (χ4v) is 1.04. The van der Waals surface area contributed by atoms with E-state index in [4.69, 9.17) is 11.6 Å². The van der Waals surface area contributed by atoms with Crippen molar-refractivity contribution in [3.8, 4) is 0 Å². The third kappa shape index (κ3) is 0.948. The van der Waals surface area contributed by atoms with Crippen molar-refractivity contribution >= 4 is 17.9 Å². The number of hydrogen-bond acceptors (Lipinski definition) is 1. The fourth-order valence-electron chi connectivity index (χ4n) is 0.813. The SMILES string of the molecule is Cc1cc(C=O)c(Cl)n1C. The summed E-state index contributed by atoms with van der Waals surface area (Å²) < 4.78 is 1.77. The molecule has 3 heteroatoms. The topological polar surface area (TPSA) is 22.0 Å². The molecule has 1 aromatic rings. The smallest absolute Gasteiger partial charge is 0.153 e. The Hall–Kier alpha value is -0.760. The zero-order valence-electron chi connectivity index (χ0n) is 5.89. The van der Waals surface area contributed by atoms with Crippen LogP contribution in [0.2, 0.25) is 5.15 Å².